The van der Waals surface area contributed by atoms with Crippen LogP contribution in [0.3, 0.4) is 0 Å². The van der Waals surface area contributed by atoms with Crippen LogP contribution < -0.4 is 15.8 Å². The Kier molecular flexibility index (Phi) is 3.25. The van der Waals surface area contributed by atoms with Crippen molar-refractivity contribution in [1.29, 1.82) is 0 Å². The zero-order chi connectivity index (χ0) is 10.6. The predicted octanol–water partition coefficient (Wildman–Crippen LogP) is -1.39. The molecule has 0 aromatic carbocycles. The van der Waals surface area contributed by atoms with Crippen LogP contribution in [0.1, 0.15) is 0 Å². The topological polar surface area (TPSA) is 123 Å². The molecule has 1 aromatic heterocycles. The van der Waals surface area contributed by atoms with E-state index in [0.29, 0.717) is 6.54 Å². The average molecular weight is 221 g/mol. The van der Waals surface area contributed by atoms with Gasteiger partial charge < -0.3 is 15.5 Å². The monoisotopic (exact) mass is 221 g/mol. The summed E-state index contributed by atoms with van der Waals surface area (Å²) in [5, 5.41) is 9.61. The third-order valence-electron chi connectivity index (χ3n) is 1.21. The van der Waals surface area contributed by atoms with Crippen LogP contribution in [0.25, 0.3) is 0 Å². The molecule has 4 N–H and O–H groups in total. The van der Waals surface area contributed by atoms with E-state index in [-0.39, 0.29) is 18.6 Å². The van der Waals surface area contributed by atoms with E-state index >= 15 is 0 Å². The molecule has 0 fully saturated rings. The van der Waals surface area contributed by atoms with Gasteiger partial charge in [0.2, 0.25) is 10.0 Å². The van der Waals surface area contributed by atoms with Crippen LogP contribution >= 0.6 is 0 Å². The fraction of sp³-hybridized carbons (Fsp3) is 0.600. The van der Waals surface area contributed by atoms with Gasteiger partial charge in [0, 0.05) is 13.1 Å². The number of nitrogen functional groups attached to an aromatic ring is 1. The van der Waals surface area contributed by atoms with Crippen LogP contribution in [0.4, 0.5) is 12.0 Å². The molecule has 0 saturated heterocycles. The summed E-state index contributed by atoms with van der Waals surface area (Å²) in [7, 11) is -3.15. The normalized spacial score (nSPS) is 11.5. The number of nitrogens with one attached hydrogen (secondary N) is 2. The van der Waals surface area contributed by atoms with Gasteiger partial charge >= 0.3 is 12.0 Å². The summed E-state index contributed by atoms with van der Waals surface area (Å²) >= 11 is 0. The van der Waals surface area contributed by atoms with Crippen molar-refractivity contribution in [3.8, 4) is 0 Å². The molecule has 14 heavy (non-hydrogen) atoms. The molecule has 0 amide bonds. The maximum atomic E-state index is 10.6. The van der Waals surface area contributed by atoms with E-state index in [2.05, 4.69) is 20.2 Å². The highest BCUT2D eigenvalue weighted by atomic mass is 32.2. The van der Waals surface area contributed by atoms with Crippen LogP contribution in [0.5, 0.6) is 0 Å². The molecule has 1 aromatic rings. The summed E-state index contributed by atoms with van der Waals surface area (Å²) in [6, 6.07) is 0.126. The van der Waals surface area contributed by atoms with Crippen LogP contribution in [-0.2, 0) is 10.0 Å². The number of sulfonamides is 1. The molecule has 9 heteroatoms. The van der Waals surface area contributed by atoms with Crippen molar-refractivity contribution < 1.29 is 12.8 Å². The second-order valence-electron chi connectivity index (χ2n) is 2.54. The highest BCUT2D eigenvalue weighted by Crippen LogP contribution is 2.04. The largest absolute Gasteiger partial charge is 0.390 e. The van der Waals surface area contributed by atoms with E-state index in [1.165, 1.54) is 0 Å². The highest BCUT2D eigenvalue weighted by molar-refractivity contribution is 7.88. The number of hydrogen-bond donors (Lipinski definition) is 3. The molecule has 0 atom stereocenters. The Labute approximate surface area is 80.9 Å². The average Bonchev–Trinajstić information content (AvgIpc) is 2.44. The van der Waals surface area contributed by atoms with E-state index < -0.39 is 10.0 Å². The SMILES string of the molecule is CS(=O)(=O)NCCNc1nnc(N)o1. The first-order valence-corrected chi connectivity index (χ1v) is 5.64. The zero-order valence-electron chi connectivity index (χ0n) is 7.52. The maximum absolute atomic E-state index is 10.6. The molecule has 1 heterocycles. The van der Waals surface area contributed by atoms with Crippen molar-refractivity contribution in [3.63, 3.8) is 0 Å². The maximum Gasteiger partial charge on any atom is 0.316 e. The molecular weight excluding hydrogens is 210 g/mol. The smallest absolute Gasteiger partial charge is 0.316 e. The lowest BCUT2D eigenvalue weighted by Gasteiger charge is -2.01. The third kappa shape index (κ3) is 4.05. The number of hydrogen-bond acceptors (Lipinski definition) is 7. The van der Waals surface area contributed by atoms with Gasteiger partial charge in [0.05, 0.1) is 6.26 Å². The minimum atomic E-state index is -3.15. The molecule has 80 valence electrons. The summed E-state index contributed by atoms with van der Waals surface area (Å²) in [6.45, 7) is 0.579. The summed E-state index contributed by atoms with van der Waals surface area (Å²) in [4.78, 5) is 0. The van der Waals surface area contributed by atoms with Gasteiger partial charge in [-0.05, 0) is 0 Å². The Hall–Kier alpha value is -1.35. The van der Waals surface area contributed by atoms with Crippen LogP contribution in [0.2, 0.25) is 0 Å². The van der Waals surface area contributed by atoms with Crippen molar-refractivity contribution in [2.24, 2.45) is 0 Å². The van der Waals surface area contributed by atoms with Gasteiger partial charge in [-0.15, -0.1) is 0 Å². The van der Waals surface area contributed by atoms with E-state index in [4.69, 9.17) is 10.2 Å². The van der Waals surface area contributed by atoms with Crippen molar-refractivity contribution in [2.75, 3.05) is 30.4 Å². The molecular formula is C5H11N5O3S. The van der Waals surface area contributed by atoms with Gasteiger partial charge in [0.25, 0.3) is 0 Å². The summed E-state index contributed by atoms with van der Waals surface area (Å²) in [6.07, 6.45) is 1.08. The molecule has 0 aliphatic rings. The first kappa shape index (κ1) is 10.7. The quantitative estimate of drug-likeness (QED) is 0.523. The lowest BCUT2D eigenvalue weighted by atomic mass is 10.6. The summed E-state index contributed by atoms with van der Waals surface area (Å²) < 4.78 is 28.3. The Morgan fingerprint density at radius 1 is 1.43 bits per heavy atom. The van der Waals surface area contributed by atoms with Crippen LogP contribution in [0, 0.1) is 0 Å². The van der Waals surface area contributed by atoms with Gasteiger partial charge in [0.1, 0.15) is 0 Å². The molecule has 0 aliphatic heterocycles. The fourth-order valence-electron chi connectivity index (χ4n) is 0.712. The van der Waals surface area contributed by atoms with Crippen molar-refractivity contribution in [1.82, 2.24) is 14.9 Å². The lowest BCUT2D eigenvalue weighted by molar-refractivity contribution is 0.579. The molecule has 0 aliphatic carbocycles. The Morgan fingerprint density at radius 2 is 2.14 bits per heavy atom. The van der Waals surface area contributed by atoms with Gasteiger partial charge in [-0.1, -0.05) is 10.2 Å². The van der Waals surface area contributed by atoms with Crippen LogP contribution in [-0.4, -0.2) is 38.0 Å². The number of rotatable bonds is 5. The summed E-state index contributed by atoms with van der Waals surface area (Å²) in [5.41, 5.74) is 5.16. The molecule has 0 radical (unpaired) electrons. The van der Waals surface area contributed by atoms with E-state index in [1.54, 1.807) is 0 Å². The van der Waals surface area contributed by atoms with E-state index in [0.717, 1.165) is 6.26 Å². The fourth-order valence-corrected chi connectivity index (χ4v) is 1.18. The van der Waals surface area contributed by atoms with Crippen molar-refractivity contribution >= 4 is 22.1 Å². The standard InChI is InChI=1S/C5H11N5O3S/c1-14(11,12)8-3-2-7-5-10-9-4(6)13-5/h8H,2-3H2,1H3,(H2,6,9)(H,7,10). The lowest BCUT2D eigenvalue weighted by Crippen LogP contribution is -2.27. The molecule has 0 spiro atoms. The van der Waals surface area contributed by atoms with Crippen molar-refractivity contribution in [2.45, 2.75) is 0 Å². The Balaban J connectivity index is 2.23. The second kappa shape index (κ2) is 4.24. The van der Waals surface area contributed by atoms with E-state index in [9.17, 15) is 8.42 Å². The number of anilines is 2. The van der Waals surface area contributed by atoms with E-state index in [1.807, 2.05) is 0 Å². The summed E-state index contributed by atoms with van der Waals surface area (Å²) in [5.74, 6) is 0. The number of aromatic nitrogens is 2. The molecule has 0 bridgehead atoms. The van der Waals surface area contributed by atoms with Gasteiger partial charge in [-0.2, -0.15) is 0 Å². The minimum Gasteiger partial charge on any atom is -0.390 e. The minimum absolute atomic E-state index is 0.0384. The van der Waals surface area contributed by atoms with Crippen LogP contribution in [0.15, 0.2) is 4.42 Å². The zero-order valence-corrected chi connectivity index (χ0v) is 8.34. The highest BCUT2D eigenvalue weighted by Gasteiger charge is 2.02. The predicted molar refractivity (Wildman–Crippen MR) is 50.0 cm³/mol. The Bertz CT molecular complexity index is 386. The van der Waals surface area contributed by atoms with Gasteiger partial charge in [-0.3, -0.25) is 0 Å². The Morgan fingerprint density at radius 3 is 2.64 bits per heavy atom. The third-order valence-corrected chi connectivity index (χ3v) is 1.93. The van der Waals surface area contributed by atoms with Gasteiger partial charge in [0.15, 0.2) is 0 Å². The number of nitrogens with zero attached hydrogens (tertiary/aromatic N) is 2. The molecule has 0 unspecified atom stereocenters. The van der Waals surface area contributed by atoms with Gasteiger partial charge in [-0.25, -0.2) is 13.1 Å². The second-order valence-corrected chi connectivity index (χ2v) is 4.37. The molecule has 1 rings (SSSR count). The van der Waals surface area contributed by atoms with Crippen molar-refractivity contribution in [3.05, 3.63) is 0 Å². The number of nitrogens with two attached hydrogens (primary N) is 1. The first-order valence-electron chi connectivity index (χ1n) is 3.75. The molecule has 8 nitrogen and oxygen atoms in total. The first-order chi connectivity index (χ1) is 6.47. The molecule has 0 saturated carbocycles.